The predicted molar refractivity (Wildman–Crippen MR) is 111 cm³/mol. The highest BCUT2D eigenvalue weighted by molar-refractivity contribution is 6.32. The van der Waals surface area contributed by atoms with Crippen molar-refractivity contribution in [2.75, 3.05) is 18.6 Å². The van der Waals surface area contributed by atoms with Gasteiger partial charge in [0.25, 0.3) is 11.8 Å². The van der Waals surface area contributed by atoms with Gasteiger partial charge in [-0.1, -0.05) is 23.7 Å². The van der Waals surface area contributed by atoms with E-state index in [1.54, 1.807) is 49.5 Å². The molecule has 152 valence electrons. The predicted octanol–water partition coefficient (Wildman–Crippen LogP) is 3.78. The number of ether oxygens (including phenoxy) is 1. The third-order valence-electron chi connectivity index (χ3n) is 4.30. The van der Waals surface area contributed by atoms with E-state index < -0.39 is 0 Å². The summed E-state index contributed by atoms with van der Waals surface area (Å²) in [5.74, 6) is 0.208. The maximum Gasteiger partial charge on any atom is 0.264 e. The first-order chi connectivity index (χ1) is 14.5. The fraction of sp³-hybridized carbons (Fsp3) is 0.136. The largest absolute Gasteiger partial charge is 0.482 e. The van der Waals surface area contributed by atoms with E-state index in [4.69, 9.17) is 26.0 Å². The van der Waals surface area contributed by atoms with Gasteiger partial charge in [-0.25, -0.2) is 0 Å². The molecule has 7 nitrogen and oxygen atoms in total. The summed E-state index contributed by atoms with van der Waals surface area (Å²) < 4.78 is 10.7. The fourth-order valence-corrected chi connectivity index (χ4v) is 2.93. The summed E-state index contributed by atoms with van der Waals surface area (Å²) in [6, 6.07) is 16.8. The summed E-state index contributed by atoms with van der Waals surface area (Å²) in [7, 11) is 1.56. The zero-order valence-electron chi connectivity index (χ0n) is 16.1. The normalized spacial score (nSPS) is 10.2. The third-order valence-corrected chi connectivity index (χ3v) is 4.59. The molecule has 0 bridgehead atoms. The second-order valence-corrected chi connectivity index (χ2v) is 6.68. The molecule has 0 aliphatic heterocycles. The second kappa shape index (κ2) is 9.63. The number of benzene rings is 2. The first-order valence-corrected chi connectivity index (χ1v) is 9.36. The summed E-state index contributed by atoms with van der Waals surface area (Å²) in [5, 5.41) is 11.9. The number of carbonyl (C=O) groups excluding carboxylic acids is 2. The Balaban J connectivity index is 1.67. The highest BCUT2D eigenvalue weighted by Crippen LogP contribution is 2.26. The van der Waals surface area contributed by atoms with Crippen molar-refractivity contribution in [2.45, 2.75) is 6.54 Å². The molecule has 0 atom stereocenters. The highest BCUT2D eigenvalue weighted by atomic mass is 35.5. The molecule has 0 aliphatic rings. The molecule has 0 aliphatic carbocycles. The third kappa shape index (κ3) is 4.99. The first kappa shape index (κ1) is 21.0. The summed E-state index contributed by atoms with van der Waals surface area (Å²) in [6.07, 6.45) is 1.53. The van der Waals surface area contributed by atoms with Gasteiger partial charge in [0, 0.05) is 7.05 Å². The fourth-order valence-electron chi connectivity index (χ4n) is 2.69. The summed E-state index contributed by atoms with van der Waals surface area (Å²) in [5.41, 5.74) is 1.18. The zero-order chi connectivity index (χ0) is 21.5. The smallest absolute Gasteiger partial charge is 0.264 e. The maximum absolute atomic E-state index is 12.6. The molecule has 2 aromatic carbocycles. The topological polar surface area (TPSA) is 95.6 Å². The number of nitrogens with zero attached hydrogens (tertiary/aromatic N) is 2. The number of para-hydroxylation sites is 1. The Morgan fingerprint density at radius 3 is 2.70 bits per heavy atom. The van der Waals surface area contributed by atoms with E-state index in [0.717, 1.165) is 0 Å². The van der Waals surface area contributed by atoms with E-state index in [9.17, 15) is 9.59 Å². The lowest BCUT2D eigenvalue weighted by Gasteiger charge is -2.20. The van der Waals surface area contributed by atoms with E-state index in [-0.39, 0.29) is 30.0 Å². The number of rotatable bonds is 7. The van der Waals surface area contributed by atoms with E-state index in [1.165, 1.54) is 23.3 Å². The lowest BCUT2D eigenvalue weighted by atomic mass is 10.1. The van der Waals surface area contributed by atoms with E-state index in [1.807, 2.05) is 6.07 Å². The van der Waals surface area contributed by atoms with Gasteiger partial charge in [0.15, 0.2) is 6.61 Å². The Kier molecular flexibility index (Phi) is 6.73. The van der Waals surface area contributed by atoms with Crippen LogP contribution in [0.1, 0.15) is 21.7 Å². The molecule has 1 heterocycles. The van der Waals surface area contributed by atoms with Crippen molar-refractivity contribution in [3.63, 3.8) is 0 Å². The van der Waals surface area contributed by atoms with Crippen molar-refractivity contribution in [2.24, 2.45) is 0 Å². The van der Waals surface area contributed by atoms with Crippen molar-refractivity contribution in [1.29, 1.82) is 5.26 Å². The van der Waals surface area contributed by atoms with Crippen LogP contribution in [0.5, 0.6) is 5.75 Å². The van der Waals surface area contributed by atoms with Crippen molar-refractivity contribution >= 4 is 29.1 Å². The summed E-state index contributed by atoms with van der Waals surface area (Å²) in [4.78, 5) is 26.6. The summed E-state index contributed by atoms with van der Waals surface area (Å²) in [6.45, 7) is -0.0530. The number of nitrogens with one attached hydrogen (secondary N) is 1. The van der Waals surface area contributed by atoms with Crippen LogP contribution < -0.4 is 15.0 Å². The van der Waals surface area contributed by atoms with Gasteiger partial charge in [-0.3, -0.25) is 9.59 Å². The maximum atomic E-state index is 12.6. The van der Waals surface area contributed by atoms with Gasteiger partial charge < -0.3 is 19.4 Å². The monoisotopic (exact) mass is 423 g/mol. The summed E-state index contributed by atoms with van der Waals surface area (Å²) >= 11 is 6.07. The number of anilines is 1. The van der Waals surface area contributed by atoms with Crippen molar-refractivity contribution in [1.82, 2.24) is 5.32 Å². The van der Waals surface area contributed by atoms with Crippen molar-refractivity contribution in [3.05, 3.63) is 82.8 Å². The first-order valence-electron chi connectivity index (χ1n) is 8.98. The van der Waals surface area contributed by atoms with Crippen LogP contribution in [0.3, 0.4) is 0 Å². The SMILES string of the molecule is CN(C(=O)COc1ccc(C#N)cc1Cl)c1ccccc1C(=O)NCc1ccco1. The number of hydrogen-bond acceptors (Lipinski definition) is 5. The van der Waals surface area contributed by atoms with Gasteiger partial charge >= 0.3 is 0 Å². The number of nitriles is 1. The number of amides is 2. The Morgan fingerprint density at radius 1 is 1.20 bits per heavy atom. The Bertz CT molecular complexity index is 1090. The minimum atomic E-state index is -0.373. The van der Waals surface area contributed by atoms with Crippen LogP contribution in [0.25, 0.3) is 0 Å². The quantitative estimate of drug-likeness (QED) is 0.624. The molecular weight excluding hydrogens is 406 g/mol. The van der Waals surface area contributed by atoms with E-state index in [2.05, 4.69) is 5.32 Å². The number of hydrogen-bond donors (Lipinski definition) is 1. The highest BCUT2D eigenvalue weighted by Gasteiger charge is 2.19. The molecule has 0 radical (unpaired) electrons. The van der Waals surface area contributed by atoms with E-state index in [0.29, 0.717) is 28.3 Å². The number of likely N-dealkylation sites (N-methyl/N-ethyl adjacent to an activating group) is 1. The molecule has 0 saturated carbocycles. The second-order valence-electron chi connectivity index (χ2n) is 6.28. The van der Waals surface area contributed by atoms with Crippen LogP contribution in [-0.2, 0) is 11.3 Å². The van der Waals surface area contributed by atoms with Crippen molar-refractivity contribution in [3.8, 4) is 11.8 Å². The molecule has 0 spiro atoms. The Morgan fingerprint density at radius 2 is 2.00 bits per heavy atom. The van der Waals surface area contributed by atoms with Crippen LogP contribution >= 0.6 is 11.6 Å². The van der Waals surface area contributed by atoms with Gasteiger partial charge in [-0.2, -0.15) is 5.26 Å². The standard InChI is InChI=1S/C22H18ClN3O4/c1-26(21(27)14-30-20-9-8-15(12-24)11-18(20)23)19-7-3-2-6-17(19)22(28)25-13-16-5-4-10-29-16/h2-11H,13-14H2,1H3,(H,25,28). The van der Waals surface area contributed by atoms with Gasteiger partial charge in [-0.05, 0) is 42.5 Å². The zero-order valence-corrected chi connectivity index (χ0v) is 16.8. The van der Waals surface area contributed by atoms with Crippen LogP contribution in [0.2, 0.25) is 5.02 Å². The number of halogens is 1. The van der Waals surface area contributed by atoms with Gasteiger partial charge in [-0.15, -0.1) is 0 Å². The molecule has 1 aromatic heterocycles. The van der Waals surface area contributed by atoms with E-state index >= 15 is 0 Å². The molecule has 3 rings (SSSR count). The molecule has 0 unspecified atom stereocenters. The van der Waals surface area contributed by atoms with Crippen LogP contribution in [0.4, 0.5) is 5.69 Å². The molecule has 3 aromatic rings. The molecular formula is C22H18ClN3O4. The average Bonchev–Trinajstić information content (AvgIpc) is 3.29. The number of carbonyl (C=O) groups is 2. The molecule has 0 saturated heterocycles. The van der Waals surface area contributed by atoms with Crippen LogP contribution in [0.15, 0.2) is 65.3 Å². The Hall–Kier alpha value is -3.76. The Labute approximate surface area is 178 Å². The lowest BCUT2D eigenvalue weighted by Crippen LogP contribution is -2.33. The minimum Gasteiger partial charge on any atom is -0.482 e. The molecule has 30 heavy (non-hydrogen) atoms. The molecule has 1 N–H and O–H groups in total. The number of furan rings is 1. The lowest BCUT2D eigenvalue weighted by molar-refractivity contribution is -0.120. The minimum absolute atomic E-state index is 0.234. The average molecular weight is 424 g/mol. The van der Waals surface area contributed by atoms with Crippen LogP contribution in [0, 0.1) is 11.3 Å². The van der Waals surface area contributed by atoms with Gasteiger partial charge in [0.1, 0.15) is 11.5 Å². The van der Waals surface area contributed by atoms with Crippen molar-refractivity contribution < 1.29 is 18.7 Å². The van der Waals surface area contributed by atoms with Gasteiger partial charge in [0.2, 0.25) is 0 Å². The molecule has 0 fully saturated rings. The van der Waals surface area contributed by atoms with Gasteiger partial charge in [0.05, 0.1) is 40.7 Å². The molecule has 2 amide bonds. The van der Waals surface area contributed by atoms with Crippen LogP contribution in [-0.4, -0.2) is 25.5 Å². The molecule has 8 heteroatoms.